The number of aliphatic hydroxyl groups excluding tert-OH is 1. The molecule has 7 atom stereocenters. The predicted molar refractivity (Wildman–Crippen MR) is 227 cm³/mol. The van der Waals surface area contributed by atoms with Crippen LogP contribution in [-0.4, -0.2) is 76.9 Å². The monoisotopic (exact) mass is 877 g/mol. The number of hydrogen-bond acceptors (Lipinski definition) is 10. The van der Waals surface area contributed by atoms with E-state index in [9.17, 15) is 19.5 Å². The summed E-state index contributed by atoms with van der Waals surface area (Å²) in [5.41, 5.74) is 0.717. The summed E-state index contributed by atoms with van der Waals surface area (Å²) in [5.74, 6) is -1.02. The molecule has 2 aliphatic heterocycles. The van der Waals surface area contributed by atoms with Gasteiger partial charge in [0.2, 0.25) is 3.79 Å². The van der Waals surface area contributed by atoms with Gasteiger partial charge in [-0.3, -0.25) is 9.59 Å². The van der Waals surface area contributed by atoms with Crippen LogP contribution < -0.4 is 5.32 Å². The fourth-order valence-electron chi connectivity index (χ4n) is 7.44. The zero-order chi connectivity index (χ0) is 42.0. The van der Waals surface area contributed by atoms with Gasteiger partial charge in [0.05, 0.1) is 13.0 Å². The summed E-state index contributed by atoms with van der Waals surface area (Å²) in [4.78, 5) is 39.7. The second-order valence-corrected chi connectivity index (χ2v) is 18.3. The Morgan fingerprint density at radius 2 is 1.33 bits per heavy atom. The summed E-state index contributed by atoms with van der Waals surface area (Å²) < 4.78 is 33.1. The lowest BCUT2D eigenvalue weighted by Crippen LogP contribution is -2.67. The van der Waals surface area contributed by atoms with Gasteiger partial charge in [-0.2, -0.15) is 0 Å². The number of benzene rings is 1. The van der Waals surface area contributed by atoms with Gasteiger partial charge in [-0.05, 0) is 19.3 Å². The molecule has 0 saturated carbocycles. The highest BCUT2D eigenvalue weighted by Crippen LogP contribution is 2.35. The molecular weight excluding hydrogens is 809 g/mol. The number of amides is 1. The molecule has 1 aromatic rings. The largest absolute Gasteiger partial charge is 0.462 e. The lowest BCUT2D eigenvalue weighted by Gasteiger charge is -2.47. The molecule has 2 heterocycles. The van der Waals surface area contributed by atoms with Crippen molar-refractivity contribution >= 4 is 52.8 Å². The number of unbranched alkanes of at least 4 members (excludes halogenated alkanes) is 18. The predicted octanol–water partition coefficient (Wildman–Crippen LogP) is 11.1. The van der Waals surface area contributed by atoms with Crippen molar-refractivity contribution in [3.05, 3.63) is 35.9 Å². The van der Waals surface area contributed by atoms with Gasteiger partial charge in [-0.1, -0.05) is 195 Å². The zero-order valence-electron chi connectivity index (χ0n) is 34.9. The fourth-order valence-corrected chi connectivity index (χ4v) is 7.60. The molecule has 2 saturated heterocycles. The molecule has 14 heteroatoms. The summed E-state index contributed by atoms with van der Waals surface area (Å²) in [6.07, 6.45) is 16.4. The third kappa shape index (κ3) is 21.1. The van der Waals surface area contributed by atoms with E-state index in [-0.39, 0.29) is 25.4 Å². The highest BCUT2D eigenvalue weighted by atomic mass is 35.6. The Hall–Kier alpha value is -1.86. The standard InChI is InChI=1S/C44H70Cl3NO10/c1-3-5-7-9-11-13-14-16-18-20-25-29-36(49)55-34(28-24-19-17-15-12-10-8-6-4-2)30-37(50)57-40-38(48-43(52)54-32-44(45,46)47)41(51)56-35-31-53-42(58-39(35)40)33-26-22-21-23-27-33/h21-23,26-27,34-35,38-42,51H,3-20,24-25,28-32H2,1-2H3,(H,48,52)/t34-,35-,38-,39-,40-,41?,42-/m1/s1. The van der Waals surface area contributed by atoms with Crippen molar-refractivity contribution in [1.82, 2.24) is 5.32 Å². The van der Waals surface area contributed by atoms with Crippen LogP contribution in [0.25, 0.3) is 0 Å². The van der Waals surface area contributed by atoms with E-state index in [0.717, 1.165) is 50.5 Å². The smallest absolute Gasteiger partial charge is 0.407 e. The number of fused-ring (bicyclic) bond motifs is 1. The van der Waals surface area contributed by atoms with Crippen molar-refractivity contribution in [1.29, 1.82) is 0 Å². The van der Waals surface area contributed by atoms with Gasteiger partial charge in [0.15, 0.2) is 18.7 Å². The van der Waals surface area contributed by atoms with Crippen LogP contribution in [0.1, 0.15) is 173 Å². The number of ether oxygens (including phenoxy) is 6. The van der Waals surface area contributed by atoms with Crippen LogP contribution in [-0.2, 0) is 38.0 Å². The molecule has 3 rings (SSSR count). The minimum Gasteiger partial charge on any atom is -0.462 e. The van der Waals surface area contributed by atoms with E-state index in [1.165, 1.54) is 83.5 Å². The van der Waals surface area contributed by atoms with Crippen LogP contribution >= 0.6 is 34.8 Å². The molecule has 0 spiro atoms. The average molecular weight is 879 g/mol. The van der Waals surface area contributed by atoms with E-state index in [1.54, 1.807) is 0 Å². The van der Waals surface area contributed by atoms with Crippen LogP contribution in [0.3, 0.4) is 0 Å². The Bertz CT molecular complexity index is 1270. The number of halogens is 3. The molecule has 0 aliphatic carbocycles. The average Bonchev–Trinajstić information content (AvgIpc) is 3.19. The van der Waals surface area contributed by atoms with Crippen LogP contribution in [0.5, 0.6) is 0 Å². The zero-order valence-corrected chi connectivity index (χ0v) is 37.1. The Kier molecular flexibility index (Phi) is 25.6. The minimum absolute atomic E-state index is 0.0116. The molecule has 1 amide bonds. The van der Waals surface area contributed by atoms with Crippen LogP contribution in [0, 0.1) is 0 Å². The molecule has 11 nitrogen and oxygen atoms in total. The number of esters is 2. The number of rotatable bonds is 29. The summed E-state index contributed by atoms with van der Waals surface area (Å²) in [6, 6.07) is 7.86. The maximum absolute atomic E-state index is 13.8. The van der Waals surface area contributed by atoms with E-state index in [4.69, 9.17) is 63.2 Å². The first-order chi connectivity index (χ1) is 28.0. The van der Waals surface area contributed by atoms with Crippen molar-refractivity contribution in [3.8, 4) is 0 Å². The van der Waals surface area contributed by atoms with E-state index < -0.39 is 65.5 Å². The molecule has 1 aromatic carbocycles. The maximum Gasteiger partial charge on any atom is 0.407 e. The second kappa shape index (κ2) is 29.4. The van der Waals surface area contributed by atoms with Crippen LogP contribution in [0.2, 0.25) is 0 Å². The third-order valence-electron chi connectivity index (χ3n) is 10.7. The summed E-state index contributed by atoms with van der Waals surface area (Å²) >= 11 is 17.3. The van der Waals surface area contributed by atoms with Gasteiger partial charge in [0.1, 0.15) is 31.0 Å². The van der Waals surface area contributed by atoms with Crippen molar-refractivity contribution in [2.24, 2.45) is 0 Å². The molecule has 1 unspecified atom stereocenters. The maximum atomic E-state index is 13.8. The number of alkyl carbamates (subject to hydrolysis) is 1. The number of carbonyl (C=O) groups is 3. The van der Waals surface area contributed by atoms with Crippen molar-refractivity contribution in [3.63, 3.8) is 0 Å². The SMILES string of the molecule is CCCCCCCCCCCCCC(=O)O[C@H](CCCCCCCCCCC)CC(=O)O[C@H]1[C@@H]2O[C@H](c3ccccc3)OC[C@H]2OC(O)[C@@H]1NC(=O)OCC(Cl)(Cl)Cl. The van der Waals surface area contributed by atoms with Crippen LogP contribution in [0.4, 0.5) is 4.79 Å². The van der Waals surface area contributed by atoms with E-state index in [0.29, 0.717) is 6.42 Å². The third-order valence-corrected chi connectivity index (χ3v) is 11.0. The number of alkyl halides is 3. The number of nitrogens with one attached hydrogen (secondary N) is 1. The molecule has 2 aliphatic rings. The minimum atomic E-state index is -1.88. The summed E-state index contributed by atoms with van der Waals surface area (Å²) in [5, 5.41) is 13.6. The lowest BCUT2D eigenvalue weighted by molar-refractivity contribution is -0.338. The number of hydrogen-bond donors (Lipinski definition) is 2. The number of carbonyl (C=O) groups excluding carboxylic acids is 3. The van der Waals surface area contributed by atoms with Gasteiger partial charge < -0.3 is 38.8 Å². The Morgan fingerprint density at radius 1 is 0.776 bits per heavy atom. The van der Waals surface area contributed by atoms with E-state index >= 15 is 0 Å². The van der Waals surface area contributed by atoms with Crippen molar-refractivity contribution in [2.75, 3.05) is 13.2 Å². The Labute approximate surface area is 362 Å². The molecule has 2 N–H and O–H groups in total. The molecule has 0 bridgehead atoms. The summed E-state index contributed by atoms with van der Waals surface area (Å²) in [6.45, 7) is 3.88. The molecule has 2 fully saturated rings. The van der Waals surface area contributed by atoms with E-state index in [1.807, 2.05) is 30.3 Å². The van der Waals surface area contributed by atoms with E-state index in [2.05, 4.69) is 19.2 Å². The van der Waals surface area contributed by atoms with Gasteiger partial charge in [0, 0.05) is 12.0 Å². The van der Waals surface area contributed by atoms with Crippen LogP contribution in [0.15, 0.2) is 30.3 Å². The lowest BCUT2D eigenvalue weighted by atomic mass is 9.95. The molecule has 58 heavy (non-hydrogen) atoms. The molecule has 332 valence electrons. The highest BCUT2D eigenvalue weighted by Gasteiger charge is 2.52. The van der Waals surface area contributed by atoms with Crippen molar-refractivity contribution < 1.29 is 47.9 Å². The van der Waals surface area contributed by atoms with Crippen molar-refractivity contribution in [2.45, 2.75) is 208 Å². The number of aliphatic hydroxyl groups is 1. The first kappa shape index (κ1) is 50.5. The molecule has 0 aromatic heterocycles. The van der Waals surface area contributed by atoms with Gasteiger partial charge in [0.25, 0.3) is 0 Å². The fraction of sp³-hybridized carbons (Fsp3) is 0.795. The Morgan fingerprint density at radius 3 is 1.90 bits per heavy atom. The molecule has 0 radical (unpaired) electrons. The van der Waals surface area contributed by atoms with Gasteiger partial charge >= 0.3 is 18.0 Å². The Balaban J connectivity index is 1.63. The summed E-state index contributed by atoms with van der Waals surface area (Å²) in [7, 11) is 0. The second-order valence-electron chi connectivity index (χ2n) is 15.8. The first-order valence-corrected chi connectivity index (χ1v) is 23.2. The molecular formula is C44H70Cl3NO10. The quantitative estimate of drug-likeness (QED) is 0.0346. The highest BCUT2D eigenvalue weighted by molar-refractivity contribution is 6.67. The van der Waals surface area contributed by atoms with Gasteiger partial charge in [-0.15, -0.1) is 0 Å². The van der Waals surface area contributed by atoms with Gasteiger partial charge in [-0.25, -0.2) is 4.79 Å². The normalized spacial score (nSPS) is 22.4. The first-order valence-electron chi connectivity index (χ1n) is 22.0. The topological polar surface area (TPSA) is 139 Å².